The minimum Gasteiger partial charge on any atom is -0.320 e. The maximum atomic E-state index is 11.8. The number of halogens is 1. The van der Waals surface area contributed by atoms with E-state index < -0.39 is 17.2 Å². The Morgan fingerprint density at radius 1 is 1.42 bits per heavy atom. The molecule has 98 valence electrons. The Kier molecular flexibility index (Phi) is 3.61. The first-order valence-electron chi connectivity index (χ1n) is 5.23. The lowest BCUT2D eigenvalue weighted by Crippen LogP contribution is -2.29. The zero-order valence-corrected chi connectivity index (χ0v) is 11.4. The van der Waals surface area contributed by atoms with E-state index in [0.29, 0.717) is 10.3 Å². The van der Waals surface area contributed by atoms with Gasteiger partial charge >= 0.3 is 5.69 Å². The number of hydrogen-bond donors (Lipinski definition) is 3. The Bertz CT molecular complexity index is 750. The van der Waals surface area contributed by atoms with E-state index in [1.165, 1.54) is 6.20 Å². The molecule has 3 N–H and O–H groups in total. The molecule has 2 aromatic rings. The number of H-pyrrole nitrogens is 2. The molecule has 0 aliphatic rings. The van der Waals surface area contributed by atoms with Crippen LogP contribution >= 0.6 is 15.9 Å². The van der Waals surface area contributed by atoms with Crippen LogP contribution in [0, 0.1) is 6.92 Å². The minimum absolute atomic E-state index is 0.180. The lowest BCUT2D eigenvalue weighted by Gasteiger charge is -2.05. The average molecular weight is 325 g/mol. The molecular formula is C11H9BrN4O3. The van der Waals surface area contributed by atoms with Gasteiger partial charge in [-0.15, -0.1) is 0 Å². The minimum atomic E-state index is -0.747. The van der Waals surface area contributed by atoms with Crippen LogP contribution < -0.4 is 16.6 Å². The second-order valence-electron chi connectivity index (χ2n) is 3.77. The number of aromatic amines is 2. The van der Waals surface area contributed by atoms with Crippen molar-refractivity contribution in [3.8, 4) is 0 Å². The van der Waals surface area contributed by atoms with E-state index in [4.69, 9.17) is 0 Å². The number of aromatic nitrogens is 3. The zero-order chi connectivity index (χ0) is 14.0. The van der Waals surface area contributed by atoms with Gasteiger partial charge in [0.1, 0.15) is 10.2 Å². The number of nitrogens with one attached hydrogen (secondary N) is 3. The standard InChI is InChI=1S/C11H9BrN4O3/c1-5-2-6(3-13-8(5)12)15-9(17)7-4-14-11(19)16-10(7)18/h2-4H,1H3,(H,15,17)(H2,14,16,18,19). The highest BCUT2D eigenvalue weighted by Gasteiger charge is 2.11. The predicted molar refractivity (Wildman–Crippen MR) is 72.3 cm³/mol. The van der Waals surface area contributed by atoms with E-state index in [2.05, 4.69) is 31.2 Å². The molecule has 7 nitrogen and oxygen atoms in total. The highest BCUT2D eigenvalue weighted by molar-refractivity contribution is 9.10. The van der Waals surface area contributed by atoms with Gasteiger partial charge in [-0.25, -0.2) is 9.78 Å². The number of hydrogen-bond acceptors (Lipinski definition) is 4. The third-order valence-corrected chi connectivity index (χ3v) is 3.17. The van der Waals surface area contributed by atoms with Crippen LogP contribution in [0.4, 0.5) is 5.69 Å². The Balaban J connectivity index is 2.28. The Hall–Kier alpha value is -2.22. The van der Waals surface area contributed by atoms with Gasteiger partial charge in [0.2, 0.25) is 0 Å². The van der Waals surface area contributed by atoms with Crippen molar-refractivity contribution >= 4 is 27.5 Å². The van der Waals surface area contributed by atoms with Gasteiger partial charge in [0, 0.05) is 6.20 Å². The molecule has 2 heterocycles. The van der Waals surface area contributed by atoms with Crippen LogP contribution in [0.25, 0.3) is 0 Å². The van der Waals surface area contributed by atoms with Gasteiger partial charge in [-0.3, -0.25) is 14.6 Å². The van der Waals surface area contributed by atoms with Crippen molar-refractivity contribution in [3.05, 3.63) is 55.0 Å². The van der Waals surface area contributed by atoms with E-state index >= 15 is 0 Å². The summed E-state index contributed by atoms with van der Waals surface area (Å²) in [5.74, 6) is -0.624. The summed E-state index contributed by atoms with van der Waals surface area (Å²) in [4.78, 5) is 42.4. The van der Waals surface area contributed by atoms with E-state index in [0.717, 1.165) is 11.8 Å². The molecule has 1 amide bonds. The Labute approximate surface area is 115 Å². The SMILES string of the molecule is Cc1cc(NC(=O)c2c[nH]c(=O)[nH]c2=O)cnc1Br. The molecule has 0 saturated carbocycles. The summed E-state index contributed by atoms with van der Waals surface area (Å²) in [6, 6.07) is 1.70. The first-order chi connectivity index (χ1) is 8.97. The largest absolute Gasteiger partial charge is 0.325 e. The molecule has 2 aromatic heterocycles. The summed E-state index contributed by atoms with van der Waals surface area (Å²) >= 11 is 3.24. The molecule has 2 rings (SSSR count). The van der Waals surface area contributed by atoms with Gasteiger partial charge in [0.15, 0.2) is 0 Å². The summed E-state index contributed by atoms with van der Waals surface area (Å²) in [5.41, 5.74) is -0.296. The van der Waals surface area contributed by atoms with Crippen molar-refractivity contribution in [2.24, 2.45) is 0 Å². The number of pyridine rings is 1. The molecule has 0 aliphatic carbocycles. The number of carbonyl (C=O) groups is 1. The lowest BCUT2D eigenvalue weighted by molar-refractivity contribution is 0.102. The van der Waals surface area contributed by atoms with Crippen molar-refractivity contribution in [2.75, 3.05) is 5.32 Å². The van der Waals surface area contributed by atoms with Crippen LogP contribution in [0.1, 0.15) is 15.9 Å². The number of carbonyl (C=O) groups excluding carboxylic acids is 1. The van der Waals surface area contributed by atoms with Crippen LogP contribution in [0.5, 0.6) is 0 Å². The van der Waals surface area contributed by atoms with Crippen molar-refractivity contribution in [1.82, 2.24) is 15.0 Å². The Morgan fingerprint density at radius 3 is 2.79 bits per heavy atom. The molecule has 0 aromatic carbocycles. The third kappa shape index (κ3) is 2.97. The highest BCUT2D eigenvalue weighted by Crippen LogP contribution is 2.16. The van der Waals surface area contributed by atoms with Crippen molar-refractivity contribution < 1.29 is 4.79 Å². The fraction of sp³-hybridized carbons (Fsp3) is 0.0909. The van der Waals surface area contributed by atoms with Crippen molar-refractivity contribution in [2.45, 2.75) is 6.92 Å². The molecule has 0 aliphatic heterocycles. The molecule has 19 heavy (non-hydrogen) atoms. The van der Waals surface area contributed by atoms with Gasteiger partial charge < -0.3 is 10.3 Å². The summed E-state index contributed by atoms with van der Waals surface area (Å²) in [5, 5.41) is 2.52. The summed E-state index contributed by atoms with van der Waals surface area (Å²) in [7, 11) is 0. The fourth-order valence-electron chi connectivity index (χ4n) is 1.40. The second-order valence-corrected chi connectivity index (χ2v) is 4.52. The third-order valence-electron chi connectivity index (χ3n) is 2.34. The summed E-state index contributed by atoms with van der Waals surface area (Å²) in [6.45, 7) is 1.82. The number of nitrogens with zero attached hydrogens (tertiary/aromatic N) is 1. The number of amides is 1. The first kappa shape index (κ1) is 13.2. The molecule has 0 unspecified atom stereocenters. The van der Waals surface area contributed by atoms with Crippen molar-refractivity contribution in [1.29, 1.82) is 0 Å². The monoisotopic (exact) mass is 324 g/mol. The molecular weight excluding hydrogens is 316 g/mol. The molecule has 0 saturated heterocycles. The Morgan fingerprint density at radius 2 is 2.16 bits per heavy atom. The number of aryl methyl sites for hydroxylation is 1. The van der Waals surface area contributed by atoms with Crippen LogP contribution in [0.15, 0.2) is 32.7 Å². The van der Waals surface area contributed by atoms with Gasteiger partial charge in [-0.2, -0.15) is 0 Å². The average Bonchev–Trinajstić information content (AvgIpc) is 2.33. The number of rotatable bonds is 2. The summed E-state index contributed by atoms with van der Waals surface area (Å²) in [6.07, 6.45) is 2.52. The van der Waals surface area contributed by atoms with E-state index in [-0.39, 0.29) is 5.56 Å². The lowest BCUT2D eigenvalue weighted by atomic mass is 10.2. The highest BCUT2D eigenvalue weighted by atomic mass is 79.9. The van der Waals surface area contributed by atoms with E-state index in [1.54, 1.807) is 6.07 Å². The van der Waals surface area contributed by atoms with E-state index in [9.17, 15) is 14.4 Å². The summed E-state index contributed by atoms with van der Waals surface area (Å²) < 4.78 is 0.674. The predicted octanol–water partition coefficient (Wildman–Crippen LogP) is 0.781. The fourth-order valence-corrected chi connectivity index (χ4v) is 1.62. The molecule has 0 fully saturated rings. The van der Waals surface area contributed by atoms with Crippen LogP contribution in [-0.2, 0) is 0 Å². The van der Waals surface area contributed by atoms with E-state index in [1.807, 2.05) is 11.9 Å². The number of anilines is 1. The van der Waals surface area contributed by atoms with Gasteiger partial charge in [0.25, 0.3) is 11.5 Å². The van der Waals surface area contributed by atoms with Crippen LogP contribution in [-0.4, -0.2) is 20.9 Å². The van der Waals surface area contributed by atoms with Crippen molar-refractivity contribution in [3.63, 3.8) is 0 Å². The van der Waals surface area contributed by atoms with Gasteiger partial charge in [-0.05, 0) is 34.5 Å². The normalized spacial score (nSPS) is 10.2. The van der Waals surface area contributed by atoms with Crippen LogP contribution in [0.2, 0.25) is 0 Å². The smallest absolute Gasteiger partial charge is 0.320 e. The first-order valence-corrected chi connectivity index (χ1v) is 6.02. The topological polar surface area (TPSA) is 108 Å². The molecule has 8 heteroatoms. The molecule has 0 bridgehead atoms. The van der Waals surface area contributed by atoms with Gasteiger partial charge in [0.05, 0.1) is 11.9 Å². The van der Waals surface area contributed by atoms with Crippen LogP contribution in [0.3, 0.4) is 0 Å². The quantitative estimate of drug-likeness (QED) is 0.709. The molecule has 0 radical (unpaired) electrons. The van der Waals surface area contributed by atoms with Gasteiger partial charge in [-0.1, -0.05) is 0 Å². The maximum absolute atomic E-state index is 11.8. The maximum Gasteiger partial charge on any atom is 0.325 e. The zero-order valence-electron chi connectivity index (χ0n) is 9.78. The molecule has 0 atom stereocenters. The molecule has 0 spiro atoms. The second kappa shape index (κ2) is 5.19.